The van der Waals surface area contributed by atoms with Crippen LogP contribution in [-0.2, 0) is 0 Å². The molecular formula is C9H8N4O. The topological polar surface area (TPSA) is 73.9 Å². The Balaban J connectivity index is 2.24. The molecule has 14 heavy (non-hydrogen) atoms. The average molecular weight is 188 g/mol. The Morgan fingerprint density at radius 1 is 1.07 bits per heavy atom. The van der Waals surface area contributed by atoms with Gasteiger partial charge in [0.15, 0.2) is 5.75 Å². The van der Waals surface area contributed by atoms with E-state index < -0.39 is 0 Å². The van der Waals surface area contributed by atoms with Crippen molar-refractivity contribution in [3.05, 3.63) is 36.7 Å². The minimum atomic E-state index is 0.512. The van der Waals surface area contributed by atoms with Crippen molar-refractivity contribution in [3.63, 3.8) is 0 Å². The number of nitrogen functional groups attached to an aromatic ring is 1. The van der Waals surface area contributed by atoms with E-state index in [1.165, 1.54) is 12.4 Å². The molecule has 0 bridgehead atoms. The van der Waals surface area contributed by atoms with Gasteiger partial charge >= 0.3 is 0 Å². The van der Waals surface area contributed by atoms with Crippen molar-refractivity contribution < 1.29 is 4.74 Å². The molecule has 0 radical (unpaired) electrons. The maximum Gasteiger partial charge on any atom is 0.167 e. The molecule has 0 amide bonds. The fourth-order valence-electron chi connectivity index (χ4n) is 0.982. The molecule has 2 aromatic rings. The molecule has 0 saturated heterocycles. The number of rotatable bonds is 2. The van der Waals surface area contributed by atoms with Crippen LogP contribution in [0.5, 0.6) is 11.5 Å². The number of ether oxygens (including phenoxy) is 1. The minimum absolute atomic E-state index is 0.512. The first-order chi connectivity index (χ1) is 6.86. The van der Waals surface area contributed by atoms with Crippen molar-refractivity contribution >= 4 is 5.69 Å². The number of nitrogens with two attached hydrogens (primary N) is 1. The molecule has 0 unspecified atom stereocenters. The van der Waals surface area contributed by atoms with Crippen molar-refractivity contribution in [1.82, 2.24) is 15.4 Å². The first-order valence-electron chi connectivity index (χ1n) is 4.02. The fourth-order valence-corrected chi connectivity index (χ4v) is 0.982. The van der Waals surface area contributed by atoms with E-state index in [0.717, 1.165) is 0 Å². The molecule has 1 aromatic heterocycles. The molecule has 2 N–H and O–H groups in total. The van der Waals surface area contributed by atoms with Gasteiger partial charge in [-0.3, -0.25) is 0 Å². The van der Waals surface area contributed by atoms with E-state index in [0.29, 0.717) is 17.2 Å². The molecule has 0 saturated carbocycles. The molecule has 0 atom stereocenters. The van der Waals surface area contributed by atoms with Crippen LogP contribution in [0, 0.1) is 0 Å². The molecule has 0 aliphatic heterocycles. The van der Waals surface area contributed by atoms with Gasteiger partial charge in [-0.15, -0.1) is 10.2 Å². The molecule has 1 heterocycles. The predicted molar refractivity (Wildman–Crippen MR) is 50.8 cm³/mol. The number of hydrogen-bond acceptors (Lipinski definition) is 5. The molecule has 2 rings (SSSR count). The highest BCUT2D eigenvalue weighted by Gasteiger charge is 2.00. The molecule has 5 heteroatoms. The molecule has 0 aliphatic rings. The predicted octanol–water partition coefficient (Wildman–Crippen LogP) is 1.25. The second kappa shape index (κ2) is 3.69. The van der Waals surface area contributed by atoms with Crippen molar-refractivity contribution in [2.45, 2.75) is 0 Å². The van der Waals surface area contributed by atoms with Gasteiger partial charge in [-0.2, -0.15) is 0 Å². The number of hydrogen-bond donors (Lipinski definition) is 1. The third-order valence-electron chi connectivity index (χ3n) is 1.62. The van der Waals surface area contributed by atoms with E-state index in [4.69, 9.17) is 10.5 Å². The van der Waals surface area contributed by atoms with Gasteiger partial charge in [0.25, 0.3) is 0 Å². The standard InChI is InChI=1S/C9H8N4O/c10-8-3-1-2-4-9(8)14-7-5-11-13-12-6-7/h1-6H,10H2. The van der Waals surface area contributed by atoms with E-state index in [1.807, 2.05) is 12.1 Å². The van der Waals surface area contributed by atoms with Crippen LogP contribution in [0.3, 0.4) is 0 Å². The summed E-state index contributed by atoms with van der Waals surface area (Å²) in [7, 11) is 0. The van der Waals surface area contributed by atoms with Crippen LogP contribution in [0.4, 0.5) is 5.69 Å². The third-order valence-corrected chi connectivity index (χ3v) is 1.62. The Morgan fingerprint density at radius 3 is 2.50 bits per heavy atom. The summed E-state index contributed by atoms with van der Waals surface area (Å²) in [6.07, 6.45) is 2.94. The Morgan fingerprint density at radius 2 is 1.79 bits per heavy atom. The van der Waals surface area contributed by atoms with Crippen LogP contribution in [0.15, 0.2) is 36.7 Å². The van der Waals surface area contributed by atoms with Crippen molar-refractivity contribution in [1.29, 1.82) is 0 Å². The summed E-state index contributed by atoms with van der Waals surface area (Å²) in [6.45, 7) is 0. The van der Waals surface area contributed by atoms with Crippen LogP contribution < -0.4 is 10.5 Å². The summed E-state index contributed by atoms with van der Waals surface area (Å²) in [5.41, 5.74) is 6.26. The highest BCUT2D eigenvalue weighted by atomic mass is 16.5. The Hall–Kier alpha value is -2.17. The lowest BCUT2D eigenvalue weighted by molar-refractivity contribution is 0.475. The first kappa shape index (κ1) is 8.43. The van der Waals surface area contributed by atoms with Gasteiger partial charge in [0.2, 0.25) is 0 Å². The summed E-state index contributed by atoms with van der Waals surface area (Å²) in [4.78, 5) is 0. The van der Waals surface area contributed by atoms with E-state index in [9.17, 15) is 0 Å². The second-order valence-electron chi connectivity index (χ2n) is 2.62. The Bertz CT molecular complexity index is 418. The SMILES string of the molecule is Nc1ccccc1Oc1cnnnc1. The van der Waals surface area contributed by atoms with Crippen molar-refractivity contribution in [3.8, 4) is 11.5 Å². The third kappa shape index (κ3) is 1.77. The molecule has 0 aliphatic carbocycles. The summed E-state index contributed by atoms with van der Waals surface area (Å²) >= 11 is 0. The number of nitrogens with zero attached hydrogens (tertiary/aromatic N) is 3. The van der Waals surface area contributed by atoms with Gasteiger partial charge in [0, 0.05) is 0 Å². The van der Waals surface area contributed by atoms with Crippen LogP contribution in [0.1, 0.15) is 0 Å². The maximum absolute atomic E-state index is 5.69. The van der Waals surface area contributed by atoms with Crippen molar-refractivity contribution in [2.24, 2.45) is 0 Å². The quantitative estimate of drug-likeness (QED) is 0.718. The smallest absolute Gasteiger partial charge is 0.167 e. The molecule has 0 spiro atoms. The van der Waals surface area contributed by atoms with Gasteiger partial charge < -0.3 is 10.5 Å². The zero-order valence-electron chi connectivity index (χ0n) is 7.29. The maximum atomic E-state index is 5.69. The first-order valence-corrected chi connectivity index (χ1v) is 4.02. The highest BCUT2D eigenvalue weighted by Crippen LogP contribution is 2.25. The van der Waals surface area contributed by atoms with Gasteiger partial charge in [-0.05, 0) is 17.3 Å². The normalized spacial score (nSPS) is 9.71. The van der Waals surface area contributed by atoms with E-state index in [-0.39, 0.29) is 0 Å². The van der Waals surface area contributed by atoms with Crippen LogP contribution in [0.25, 0.3) is 0 Å². The Kier molecular flexibility index (Phi) is 2.22. The van der Waals surface area contributed by atoms with Crippen LogP contribution in [-0.4, -0.2) is 15.4 Å². The lowest BCUT2D eigenvalue weighted by atomic mass is 10.3. The lowest BCUT2D eigenvalue weighted by Gasteiger charge is -2.05. The monoisotopic (exact) mass is 188 g/mol. The number of para-hydroxylation sites is 2. The molecule has 0 fully saturated rings. The minimum Gasteiger partial charge on any atom is -0.452 e. The van der Waals surface area contributed by atoms with E-state index >= 15 is 0 Å². The van der Waals surface area contributed by atoms with Gasteiger partial charge in [-0.25, -0.2) is 0 Å². The molecule has 5 nitrogen and oxygen atoms in total. The fraction of sp³-hybridized carbons (Fsp3) is 0. The van der Waals surface area contributed by atoms with Crippen LogP contribution in [0.2, 0.25) is 0 Å². The second-order valence-corrected chi connectivity index (χ2v) is 2.62. The molecule has 70 valence electrons. The van der Waals surface area contributed by atoms with Gasteiger partial charge in [0.1, 0.15) is 5.75 Å². The average Bonchev–Trinajstić information content (AvgIpc) is 2.23. The van der Waals surface area contributed by atoms with Crippen LogP contribution >= 0.6 is 0 Å². The molecular weight excluding hydrogens is 180 g/mol. The zero-order chi connectivity index (χ0) is 9.80. The summed E-state index contributed by atoms with van der Waals surface area (Å²) in [5, 5.41) is 10.6. The van der Waals surface area contributed by atoms with Gasteiger partial charge in [-0.1, -0.05) is 12.1 Å². The van der Waals surface area contributed by atoms with E-state index in [1.54, 1.807) is 12.1 Å². The molecule has 1 aromatic carbocycles. The number of aromatic nitrogens is 3. The van der Waals surface area contributed by atoms with E-state index in [2.05, 4.69) is 15.4 Å². The zero-order valence-corrected chi connectivity index (χ0v) is 7.29. The largest absolute Gasteiger partial charge is 0.452 e. The van der Waals surface area contributed by atoms with Gasteiger partial charge in [0.05, 0.1) is 18.1 Å². The van der Waals surface area contributed by atoms with Crippen molar-refractivity contribution in [2.75, 3.05) is 5.73 Å². The Labute approximate surface area is 80.5 Å². The lowest BCUT2D eigenvalue weighted by Crippen LogP contribution is -1.93. The highest BCUT2D eigenvalue weighted by molar-refractivity contribution is 5.53. The summed E-state index contributed by atoms with van der Waals surface area (Å²) in [5.74, 6) is 1.10. The summed E-state index contributed by atoms with van der Waals surface area (Å²) < 4.78 is 5.42. The number of benzene rings is 1. The number of anilines is 1. The summed E-state index contributed by atoms with van der Waals surface area (Å²) in [6, 6.07) is 7.21.